The molecule has 2 rings (SSSR count). The maximum Gasteiger partial charge on any atom is 0.254 e. The van der Waals surface area contributed by atoms with Crippen LogP contribution < -0.4 is 16.0 Å². The second-order valence-corrected chi connectivity index (χ2v) is 6.72. The van der Waals surface area contributed by atoms with E-state index in [-0.39, 0.29) is 24.0 Å². The Morgan fingerprint density at radius 3 is 2.10 bits per heavy atom. The van der Waals surface area contributed by atoms with E-state index in [1.807, 2.05) is 0 Å². The molecule has 0 fully saturated rings. The van der Waals surface area contributed by atoms with Crippen LogP contribution in [0, 0.1) is 11.7 Å². The molecule has 2 aromatic rings. The van der Waals surface area contributed by atoms with Gasteiger partial charge in [0.1, 0.15) is 18.5 Å². The average molecular weight is 401 g/mol. The number of carbonyl (C=O) groups is 3. The van der Waals surface area contributed by atoms with Crippen LogP contribution in [0.2, 0.25) is 0 Å². The van der Waals surface area contributed by atoms with Crippen LogP contribution in [0.5, 0.6) is 0 Å². The Labute approximate surface area is 168 Å². The molecule has 0 saturated heterocycles. The highest BCUT2D eigenvalue weighted by atomic mass is 19.1. The molecular weight excluding hydrogens is 377 g/mol. The van der Waals surface area contributed by atoms with Gasteiger partial charge in [-0.3, -0.25) is 14.4 Å². The van der Waals surface area contributed by atoms with Gasteiger partial charge < -0.3 is 20.7 Å². The molecule has 2 aromatic carbocycles. The number of nitrogens with one attached hydrogen (secondary N) is 3. The zero-order valence-electron chi connectivity index (χ0n) is 16.5. The third-order valence-electron chi connectivity index (χ3n) is 4.07. The number of hydrogen-bond donors (Lipinski definition) is 3. The van der Waals surface area contributed by atoms with Crippen molar-refractivity contribution in [2.45, 2.75) is 19.9 Å². The summed E-state index contributed by atoms with van der Waals surface area (Å²) in [6.45, 7) is 3.50. The van der Waals surface area contributed by atoms with Crippen LogP contribution in [0.1, 0.15) is 24.2 Å². The van der Waals surface area contributed by atoms with Crippen molar-refractivity contribution in [3.63, 3.8) is 0 Å². The first-order valence-electron chi connectivity index (χ1n) is 9.07. The Morgan fingerprint density at radius 2 is 1.55 bits per heavy atom. The van der Waals surface area contributed by atoms with Crippen LogP contribution >= 0.6 is 0 Å². The number of anilines is 2. The molecule has 0 aliphatic rings. The minimum absolute atomic E-state index is 0.0593. The van der Waals surface area contributed by atoms with Crippen molar-refractivity contribution in [3.05, 3.63) is 59.9 Å². The van der Waals surface area contributed by atoms with Gasteiger partial charge in [-0.05, 0) is 42.3 Å². The van der Waals surface area contributed by atoms with Gasteiger partial charge in [0.05, 0.1) is 5.56 Å². The lowest BCUT2D eigenvalue weighted by atomic mass is 10.0. The lowest BCUT2D eigenvalue weighted by molar-refractivity contribution is -0.120. The summed E-state index contributed by atoms with van der Waals surface area (Å²) in [5, 5.41) is 7.94. The fraction of sp³-hybridized carbons (Fsp3) is 0.286. The van der Waals surface area contributed by atoms with Crippen molar-refractivity contribution in [2.24, 2.45) is 5.92 Å². The third kappa shape index (κ3) is 6.39. The van der Waals surface area contributed by atoms with Crippen LogP contribution in [-0.4, -0.2) is 37.5 Å². The first kappa shape index (κ1) is 22.0. The number of benzene rings is 2. The number of hydrogen-bond acceptors (Lipinski definition) is 4. The third-order valence-corrected chi connectivity index (χ3v) is 4.07. The fourth-order valence-corrected chi connectivity index (χ4v) is 2.58. The summed E-state index contributed by atoms with van der Waals surface area (Å²) < 4.78 is 18.6. The molecule has 0 bridgehead atoms. The largest absolute Gasteiger partial charge is 0.375 e. The normalized spacial score (nSPS) is 11.6. The molecule has 1 unspecified atom stereocenters. The van der Waals surface area contributed by atoms with Gasteiger partial charge >= 0.3 is 0 Å². The fourth-order valence-electron chi connectivity index (χ4n) is 2.58. The van der Waals surface area contributed by atoms with E-state index in [1.165, 1.54) is 25.3 Å². The zero-order chi connectivity index (χ0) is 21.4. The van der Waals surface area contributed by atoms with Gasteiger partial charge in [0.2, 0.25) is 11.8 Å². The molecule has 0 aromatic heterocycles. The topological polar surface area (TPSA) is 96.5 Å². The minimum atomic E-state index is -0.858. The molecule has 29 heavy (non-hydrogen) atoms. The highest BCUT2D eigenvalue weighted by molar-refractivity contribution is 6.01. The smallest absolute Gasteiger partial charge is 0.254 e. The number of rotatable bonds is 8. The lowest BCUT2D eigenvalue weighted by Crippen LogP contribution is -2.47. The summed E-state index contributed by atoms with van der Waals surface area (Å²) >= 11 is 0. The second-order valence-electron chi connectivity index (χ2n) is 6.72. The lowest BCUT2D eigenvalue weighted by Gasteiger charge is -2.22. The molecular formula is C21H24FN3O4. The molecule has 0 radical (unpaired) electrons. The van der Waals surface area contributed by atoms with E-state index in [4.69, 9.17) is 4.74 Å². The molecule has 7 nitrogen and oxygen atoms in total. The first-order chi connectivity index (χ1) is 13.8. The van der Waals surface area contributed by atoms with Crippen molar-refractivity contribution >= 4 is 29.1 Å². The first-order valence-corrected chi connectivity index (χ1v) is 9.07. The molecule has 154 valence electrons. The minimum Gasteiger partial charge on any atom is -0.375 e. The number of amides is 3. The van der Waals surface area contributed by atoms with E-state index in [0.717, 1.165) is 0 Å². The Bertz CT molecular complexity index is 868. The van der Waals surface area contributed by atoms with Crippen LogP contribution in [0.3, 0.4) is 0 Å². The molecule has 0 heterocycles. The van der Waals surface area contributed by atoms with Gasteiger partial charge in [0, 0.05) is 18.5 Å². The van der Waals surface area contributed by atoms with Gasteiger partial charge in [0.25, 0.3) is 5.91 Å². The van der Waals surface area contributed by atoms with Gasteiger partial charge in [-0.1, -0.05) is 26.0 Å². The molecule has 8 heteroatoms. The van der Waals surface area contributed by atoms with Gasteiger partial charge in [-0.15, -0.1) is 0 Å². The summed E-state index contributed by atoms with van der Waals surface area (Å²) in [6, 6.07) is 11.2. The van der Waals surface area contributed by atoms with Gasteiger partial charge in [-0.2, -0.15) is 0 Å². The number of halogens is 1. The maximum atomic E-state index is 13.8. The Kier molecular flexibility index (Phi) is 7.85. The summed E-state index contributed by atoms with van der Waals surface area (Å²) in [6.07, 6.45) is 0. The van der Waals surface area contributed by atoms with E-state index in [0.29, 0.717) is 11.4 Å². The Hall–Kier alpha value is -3.26. The SMILES string of the molecule is COCC(=O)Nc1ccc(NC(=O)C(NC(=O)c2ccccc2F)C(C)C)cc1. The molecule has 0 aliphatic carbocycles. The number of carbonyl (C=O) groups excluding carboxylic acids is 3. The average Bonchev–Trinajstić information content (AvgIpc) is 2.67. The van der Waals surface area contributed by atoms with E-state index in [1.54, 1.807) is 44.2 Å². The van der Waals surface area contributed by atoms with E-state index in [2.05, 4.69) is 16.0 Å². The number of methoxy groups -OCH3 is 1. The summed E-state index contributed by atoms with van der Waals surface area (Å²) in [5.74, 6) is -2.26. The summed E-state index contributed by atoms with van der Waals surface area (Å²) in [7, 11) is 1.42. The van der Waals surface area contributed by atoms with Crippen molar-refractivity contribution < 1.29 is 23.5 Å². The van der Waals surface area contributed by atoms with Crippen molar-refractivity contribution in [2.75, 3.05) is 24.4 Å². The highest BCUT2D eigenvalue weighted by Gasteiger charge is 2.25. The van der Waals surface area contributed by atoms with Gasteiger partial charge in [-0.25, -0.2) is 4.39 Å². The highest BCUT2D eigenvalue weighted by Crippen LogP contribution is 2.15. The standard InChI is InChI=1S/C21H24FN3O4/c1-13(2)19(25-20(27)16-6-4-5-7-17(16)22)21(28)24-15-10-8-14(9-11-15)23-18(26)12-29-3/h4-11,13,19H,12H2,1-3H3,(H,23,26)(H,24,28)(H,25,27). The number of ether oxygens (including phenoxy) is 1. The van der Waals surface area contributed by atoms with Crippen molar-refractivity contribution in [1.82, 2.24) is 5.32 Å². The van der Waals surface area contributed by atoms with Crippen molar-refractivity contribution in [1.29, 1.82) is 0 Å². The molecule has 0 saturated carbocycles. The summed E-state index contributed by atoms with van der Waals surface area (Å²) in [5.41, 5.74) is 0.922. The van der Waals surface area contributed by atoms with Crippen LogP contribution in [0.25, 0.3) is 0 Å². The van der Waals surface area contributed by atoms with E-state index in [9.17, 15) is 18.8 Å². The van der Waals surface area contributed by atoms with E-state index >= 15 is 0 Å². The van der Waals surface area contributed by atoms with E-state index < -0.39 is 23.7 Å². The summed E-state index contributed by atoms with van der Waals surface area (Å²) in [4.78, 5) is 36.5. The molecule has 3 N–H and O–H groups in total. The van der Waals surface area contributed by atoms with Gasteiger partial charge in [0.15, 0.2) is 0 Å². The predicted octanol–water partition coefficient (Wildman–Crippen LogP) is 2.80. The molecule has 0 aliphatic heterocycles. The quantitative estimate of drug-likeness (QED) is 0.634. The van der Waals surface area contributed by atoms with Crippen LogP contribution in [0.15, 0.2) is 48.5 Å². The van der Waals surface area contributed by atoms with Crippen molar-refractivity contribution in [3.8, 4) is 0 Å². The van der Waals surface area contributed by atoms with Crippen LogP contribution in [0.4, 0.5) is 15.8 Å². The zero-order valence-corrected chi connectivity index (χ0v) is 16.5. The molecule has 0 spiro atoms. The molecule has 3 amide bonds. The maximum absolute atomic E-state index is 13.8. The monoisotopic (exact) mass is 401 g/mol. The predicted molar refractivity (Wildman–Crippen MR) is 108 cm³/mol. The Balaban J connectivity index is 2.03. The van der Waals surface area contributed by atoms with Crippen LogP contribution in [-0.2, 0) is 14.3 Å². The second kappa shape index (κ2) is 10.3. The molecule has 1 atom stereocenters. The Morgan fingerprint density at radius 1 is 0.966 bits per heavy atom.